The molecule has 0 aliphatic heterocycles. The van der Waals surface area contributed by atoms with E-state index in [0.717, 1.165) is 40.6 Å². The molecule has 0 bridgehead atoms. The average molecular weight is 470 g/mol. The molecule has 0 saturated heterocycles. The summed E-state index contributed by atoms with van der Waals surface area (Å²) in [6.45, 7) is 7.23. The topological polar surface area (TPSA) is 120 Å². The van der Waals surface area contributed by atoms with E-state index >= 15 is 0 Å². The van der Waals surface area contributed by atoms with Crippen LogP contribution >= 0.6 is 11.3 Å². The Morgan fingerprint density at radius 2 is 1.58 bits per heavy atom. The Labute approximate surface area is 196 Å². The standard InChI is InChI=1S/C22H25N3OS.C2H2O4/c1-16-8-7-9-17(2)21(16)25(18(3)26)22-24-20(15-27-22)14-23-13-12-19-10-5-4-6-11-19;3-1(4)2(5)6/h4-11,15,23H,12-14H2,1-3H3;(H,3,4)(H,5,6). The number of rotatable bonds is 7. The summed E-state index contributed by atoms with van der Waals surface area (Å²) in [5.74, 6) is -3.67. The number of carboxylic acid groups (broad SMARTS) is 2. The van der Waals surface area contributed by atoms with E-state index in [9.17, 15) is 4.79 Å². The number of thiazole rings is 1. The molecule has 0 atom stereocenters. The number of hydrogen-bond donors (Lipinski definition) is 3. The molecule has 33 heavy (non-hydrogen) atoms. The summed E-state index contributed by atoms with van der Waals surface area (Å²) in [4.78, 5) is 37.0. The number of carbonyl (C=O) groups is 3. The van der Waals surface area contributed by atoms with Gasteiger partial charge in [0.05, 0.1) is 11.4 Å². The molecule has 0 aliphatic rings. The number of aliphatic carboxylic acids is 2. The van der Waals surface area contributed by atoms with Crippen molar-refractivity contribution in [2.45, 2.75) is 33.7 Å². The molecular formula is C24H27N3O5S. The second-order valence-electron chi connectivity index (χ2n) is 7.24. The van der Waals surface area contributed by atoms with Crippen molar-refractivity contribution in [3.63, 3.8) is 0 Å². The Hall–Kier alpha value is -3.56. The largest absolute Gasteiger partial charge is 0.473 e. The van der Waals surface area contributed by atoms with Gasteiger partial charge in [-0.25, -0.2) is 14.6 Å². The summed E-state index contributed by atoms with van der Waals surface area (Å²) < 4.78 is 0. The Morgan fingerprint density at radius 1 is 0.970 bits per heavy atom. The van der Waals surface area contributed by atoms with E-state index in [1.54, 1.807) is 11.8 Å². The maximum absolute atomic E-state index is 12.4. The highest BCUT2D eigenvalue weighted by molar-refractivity contribution is 7.14. The number of para-hydroxylation sites is 1. The van der Waals surface area contributed by atoms with Crippen molar-refractivity contribution in [1.82, 2.24) is 10.3 Å². The third-order valence-electron chi connectivity index (χ3n) is 4.63. The number of hydrogen-bond acceptors (Lipinski definition) is 6. The van der Waals surface area contributed by atoms with Gasteiger partial charge in [-0.15, -0.1) is 11.3 Å². The number of nitrogens with one attached hydrogen (secondary N) is 1. The molecule has 174 valence electrons. The van der Waals surface area contributed by atoms with Crippen LogP contribution < -0.4 is 10.2 Å². The molecule has 1 aromatic heterocycles. The first-order chi connectivity index (χ1) is 15.7. The van der Waals surface area contributed by atoms with Crippen LogP contribution in [0.3, 0.4) is 0 Å². The van der Waals surface area contributed by atoms with Gasteiger partial charge in [-0.3, -0.25) is 9.69 Å². The second-order valence-corrected chi connectivity index (χ2v) is 8.08. The molecule has 0 saturated carbocycles. The van der Waals surface area contributed by atoms with Gasteiger partial charge in [0.25, 0.3) is 0 Å². The lowest BCUT2D eigenvalue weighted by Crippen LogP contribution is -2.24. The lowest BCUT2D eigenvalue weighted by atomic mass is 10.1. The third kappa shape index (κ3) is 7.81. The summed E-state index contributed by atoms with van der Waals surface area (Å²) in [5, 5.41) is 21.0. The Morgan fingerprint density at radius 3 is 2.12 bits per heavy atom. The molecule has 2 aromatic carbocycles. The van der Waals surface area contributed by atoms with E-state index in [-0.39, 0.29) is 5.91 Å². The average Bonchev–Trinajstić information content (AvgIpc) is 3.23. The van der Waals surface area contributed by atoms with Crippen molar-refractivity contribution in [3.8, 4) is 0 Å². The zero-order chi connectivity index (χ0) is 24.4. The molecular weight excluding hydrogens is 442 g/mol. The van der Waals surface area contributed by atoms with Gasteiger partial charge in [-0.1, -0.05) is 48.5 Å². The number of benzene rings is 2. The van der Waals surface area contributed by atoms with Crippen LogP contribution in [0.25, 0.3) is 0 Å². The zero-order valence-electron chi connectivity index (χ0n) is 18.7. The van der Waals surface area contributed by atoms with E-state index in [4.69, 9.17) is 24.8 Å². The van der Waals surface area contributed by atoms with Gasteiger partial charge in [-0.2, -0.15) is 0 Å². The van der Waals surface area contributed by atoms with Crippen LogP contribution in [0.4, 0.5) is 10.8 Å². The molecule has 0 fully saturated rings. The lowest BCUT2D eigenvalue weighted by Gasteiger charge is -2.22. The monoisotopic (exact) mass is 469 g/mol. The maximum atomic E-state index is 12.4. The van der Waals surface area contributed by atoms with Crippen molar-refractivity contribution in [2.75, 3.05) is 11.4 Å². The summed E-state index contributed by atoms with van der Waals surface area (Å²) in [6.07, 6.45) is 0.986. The number of aromatic nitrogens is 1. The minimum absolute atomic E-state index is 0.0228. The number of carbonyl (C=O) groups excluding carboxylic acids is 1. The molecule has 0 radical (unpaired) electrons. The van der Waals surface area contributed by atoms with Crippen molar-refractivity contribution >= 4 is 40.0 Å². The predicted molar refractivity (Wildman–Crippen MR) is 128 cm³/mol. The van der Waals surface area contributed by atoms with Crippen molar-refractivity contribution in [2.24, 2.45) is 0 Å². The fraction of sp³-hybridized carbons (Fsp3) is 0.250. The molecule has 0 spiro atoms. The molecule has 1 amide bonds. The second kappa shape index (κ2) is 12.5. The van der Waals surface area contributed by atoms with Gasteiger partial charge in [0.1, 0.15) is 0 Å². The highest BCUT2D eigenvalue weighted by Crippen LogP contribution is 2.33. The molecule has 1 heterocycles. The number of nitrogens with zero attached hydrogens (tertiary/aromatic N) is 2. The smallest absolute Gasteiger partial charge is 0.414 e. The van der Waals surface area contributed by atoms with Gasteiger partial charge in [-0.05, 0) is 43.5 Å². The highest BCUT2D eigenvalue weighted by Gasteiger charge is 2.21. The van der Waals surface area contributed by atoms with E-state index < -0.39 is 11.9 Å². The number of aryl methyl sites for hydroxylation is 2. The Bertz CT molecular complexity index is 1070. The minimum atomic E-state index is -1.82. The fourth-order valence-electron chi connectivity index (χ4n) is 3.12. The van der Waals surface area contributed by atoms with E-state index in [2.05, 4.69) is 29.6 Å². The van der Waals surface area contributed by atoms with Gasteiger partial charge in [0.2, 0.25) is 5.91 Å². The van der Waals surface area contributed by atoms with Crippen molar-refractivity contribution in [1.29, 1.82) is 0 Å². The van der Waals surface area contributed by atoms with Crippen molar-refractivity contribution in [3.05, 3.63) is 76.3 Å². The quantitative estimate of drug-likeness (QED) is 0.354. The van der Waals surface area contributed by atoms with Crippen LogP contribution in [0.1, 0.15) is 29.3 Å². The molecule has 8 nitrogen and oxygen atoms in total. The Kier molecular flexibility index (Phi) is 9.71. The number of amides is 1. The third-order valence-corrected chi connectivity index (χ3v) is 5.51. The highest BCUT2D eigenvalue weighted by atomic mass is 32.1. The molecule has 3 N–H and O–H groups in total. The van der Waals surface area contributed by atoms with Crippen LogP contribution in [-0.2, 0) is 27.3 Å². The van der Waals surface area contributed by atoms with E-state index in [1.165, 1.54) is 16.9 Å². The van der Waals surface area contributed by atoms with Gasteiger partial charge in [0.15, 0.2) is 5.13 Å². The first-order valence-electron chi connectivity index (χ1n) is 10.2. The van der Waals surface area contributed by atoms with Crippen LogP contribution in [-0.4, -0.2) is 39.6 Å². The molecule has 3 rings (SSSR count). The van der Waals surface area contributed by atoms with E-state index in [0.29, 0.717) is 6.54 Å². The normalized spacial score (nSPS) is 10.2. The first-order valence-corrected chi connectivity index (χ1v) is 11.1. The summed E-state index contributed by atoms with van der Waals surface area (Å²) >= 11 is 1.51. The Balaban J connectivity index is 0.000000569. The minimum Gasteiger partial charge on any atom is -0.473 e. The maximum Gasteiger partial charge on any atom is 0.414 e. The van der Waals surface area contributed by atoms with Gasteiger partial charge >= 0.3 is 11.9 Å². The SMILES string of the molecule is CC(=O)N(c1nc(CNCCc2ccccc2)cs1)c1c(C)cccc1C.O=C(O)C(=O)O. The lowest BCUT2D eigenvalue weighted by molar-refractivity contribution is -0.159. The predicted octanol–water partition coefficient (Wildman–Crippen LogP) is 3.93. The van der Waals surface area contributed by atoms with E-state index in [1.807, 2.05) is 43.5 Å². The molecule has 0 unspecified atom stereocenters. The van der Waals surface area contributed by atoms with Crippen LogP contribution in [0.2, 0.25) is 0 Å². The summed E-state index contributed by atoms with van der Waals surface area (Å²) in [7, 11) is 0. The molecule has 9 heteroatoms. The van der Waals surface area contributed by atoms with Crippen LogP contribution in [0.15, 0.2) is 53.9 Å². The molecule has 0 aliphatic carbocycles. The zero-order valence-corrected chi connectivity index (χ0v) is 19.6. The summed E-state index contributed by atoms with van der Waals surface area (Å²) in [5.41, 5.74) is 5.36. The summed E-state index contributed by atoms with van der Waals surface area (Å²) in [6, 6.07) is 16.5. The van der Waals surface area contributed by atoms with Crippen molar-refractivity contribution < 1.29 is 24.6 Å². The number of anilines is 2. The molecule has 3 aromatic rings. The van der Waals surface area contributed by atoms with Gasteiger partial charge < -0.3 is 15.5 Å². The fourth-order valence-corrected chi connectivity index (χ4v) is 3.99. The van der Waals surface area contributed by atoms with Gasteiger partial charge in [0, 0.05) is 18.8 Å². The van der Waals surface area contributed by atoms with Crippen LogP contribution in [0.5, 0.6) is 0 Å². The number of carboxylic acids is 2. The first kappa shape index (κ1) is 25.7. The van der Waals surface area contributed by atoms with Crippen LogP contribution in [0, 0.1) is 13.8 Å².